The number of carboxylic acid groups (broad SMARTS) is 1. The van der Waals surface area contributed by atoms with Gasteiger partial charge in [0.05, 0.1) is 0 Å². The summed E-state index contributed by atoms with van der Waals surface area (Å²) in [5.41, 5.74) is -1.60. The molecule has 4 nitrogen and oxygen atoms in total. The van der Waals surface area contributed by atoms with Crippen LogP contribution in [0.4, 0.5) is 0 Å². The fraction of sp³-hybridized carbons (Fsp3) is 0.364. The second-order valence-corrected chi connectivity index (χ2v) is 4.85. The third kappa shape index (κ3) is 2.20. The van der Waals surface area contributed by atoms with E-state index < -0.39 is 11.6 Å². The summed E-state index contributed by atoms with van der Waals surface area (Å²) in [7, 11) is 0. The normalized spacial score (nSPS) is 28.2. The molecule has 0 radical (unpaired) electrons. The molecule has 0 amide bonds. The number of benzene rings is 1. The Balaban J connectivity index is 1.90. The summed E-state index contributed by atoms with van der Waals surface area (Å²) in [5, 5.41) is 18.2. The molecule has 2 rings (SSSR count). The van der Waals surface area contributed by atoms with Gasteiger partial charge >= 0.3 is 5.97 Å². The van der Waals surface area contributed by atoms with Crippen molar-refractivity contribution in [2.45, 2.75) is 24.5 Å². The van der Waals surface area contributed by atoms with Crippen molar-refractivity contribution >= 4 is 21.9 Å². The van der Waals surface area contributed by atoms with Crippen LogP contribution in [0.2, 0.25) is 0 Å². The molecule has 1 aromatic rings. The van der Waals surface area contributed by atoms with Crippen LogP contribution in [0.1, 0.15) is 12.8 Å². The number of aliphatic carboxylic acids is 1. The Kier molecular flexibility index (Phi) is 2.90. The Morgan fingerprint density at radius 3 is 2.44 bits per heavy atom. The summed E-state index contributed by atoms with van der Waals surface area (Å²) in [6.07, 6.45) is 0.0545. The summed E-state index contributed by atoms with van der Waals surface area (Å²) in [4.78, 5) is 10.6. The van der Waals surface area contributed by atoms with Gasteiger partial charge in [-0.25, -0.2) is 4.79 Å². The number of carboxylic acids is 1. The maximum atomic E-state index is 10.6. The number of aliphatic hydroxyl groups is 1. The van der Waals surface area contributed by atoms with Crippen LogP contribution in [-0.4, -0.2) is 27.9 Å². The molecule has 1 saturated carbocycles. The van der Waals surface area contributed by atoms with Crippen LogP contribution in [-0.2, 0) is 4.79 Å². The van der Waals surface area contributed by atoms with Crippen LogP contribution in [0, 0.1) is 0 Å². The summed E-state index contributed by atoms with van der Waals surface area (Å²) < 4.78 is 6.46. The predicted octanol–water partition coefficient (Wildman–Crippen LogP) is 1.81. The molecule has 0 saturated heterocycles. The zero-order valence-corrected chi connectivity index (χ0v) is 9.98. The van der Waals surface area contributed by atoms with Crippen molar-refractivity contribution in [2.75, 3.05) is 0 Å². The van der Waals surface area contributed by atoms with Crippen LogP contribution in [0.25, 0.3) is 0 Å². The summed E-state index contributed by atoms with van der Waals surface area (Å²) in [5.74, 6) is -0.496. The van der Waals surface area contributed by atoms with Crippen molar-refractivity contribution in [3.05, 3.63) is 28.7 Å². The molecule has 0 atom stereocenters. The summed E-state index contributed by atoms with van der Waals surface area (Å²) in [6, 6.07) is 7.28. The molecule has 2 N–H and O–H groups in total. The van der Waals surface area contributed by atoms with Crippen LogP contribution in [0.15, 0.2) is 28.7 Å². The standard InChI is InChI=1S/C11H11BrO4/c12-7-1-3-8(4-2-7)16-9-5-11(15,6-9)10(13)14/h1-4,9,15H,5-6H2,(H,13,14). The van der Waals surface area contributed by atoms with Crippen molar-refractivity contribution in [1.29, 1.82) is 0 Å². The van der Waals surface area contributed by atoms with Crippen molar-refractivity contribution in [3.8, 4) is 5.75 Å². The first kappa shape index (κ1) is 11.4. The number of hydrogen-bond donors (Lipinski definition) is 2. The second kappa shape index (κ2) is 4.07. The van der Waals surface area contributed by atoms with Gasteiger partial charge in [-0.2, -0.15) is 0 Å². The molecule has 5 heteroatoms. The van der Waals surface area contributed by atoms with E-state index in [0.717, 1.165) is 4.47 Å². The molecule has 0 unspecified atom stereocenters. The Morgan fingerprint density at radius 1 is 1.38 bits per heavy atom. The predicted molar refractivity (Wildman–Crippen MR) is 60.4 cm³/mol. The maximum Gasteiger partial charge on any atom is 0.335 e. The first-order chi connectivity index (χ1) is 7.49. The van der Waals surface area contributed by atoms with Crippen molar-refractivity contribution in [2.24, 2.45) is 0 Å². The lowest BCUT2D eigenvalue weighted by molar-refractivity contribution is -0.178. The van der Waals surface area contributed by atoms with Crippen LogP contribution >= 0.6 is 15.9 Å². The van der Waals surface area contributed by atoms with E-state index in [4.69, 9.17) is 9.84 Å². The van der Waals surface area contributed by atoms with Crippen molar-refractivity contribution < 1.29 is 19.7 Å². The molecule has 0 aromatic heterocycles. The molecule has 86 valence electrons. The number of hydrogen-bond acceptors (Lipinski definition) is 3. The van der Waals surface area contributed by atoms with Gasteiger partial charge in [0.25, 0.3) is 0 Å². The van der Waals surface area contributed by atoms with E-state index in [-0.39, 0.29) is 18.9 Å². The van der Waals surface area contributed by atoms with Gasteiger partial charge in [0.1, 0.15) is 11.9 Å². The minimum absolute atomic E-state index is 0.137. The highest BCUT2D eigenvalue weighted by Gasteiger charge is 2.50. The topological polar surface area (TPSA) is 66.8 Å². The quantitative estimate of drug-likeness (QED) is 0.889. The molecule has 1 aliphatic rings. The highest BCUT2D eigenvalue weighted by Crippen LogP contribution is 2.35. The molecule has 1 fully saturated rings. The van der Waals surface area contributed by atoms with E-state index in [1.165, 1.54) is 0 Å². The van der Waals surface area contributed by atoms with Gasteiger partial charge in [0.2, 0.25) is 0 Å². The molecule has 0 bridgehead atoms. The van der Waals surface area contributed by atoms with Gasteiger partial charge in [0.15, 0.2) is 5.60 Å². The minimum Gasteiger partial charge on any atom is -0.490 e. The van der Waals surface area contributed by atoms with E-state index in [0.29, 0.717) is 5.75 Å². The molecule has 16 heavy (non-hydrogen) atoms. The first-order valence-electron chi connectivity index (χ1n) is 4.88. The number of rotatable bonds is 3. The minimum atomic E-state index is -1.60. The van der Waals surface area contributed by atoms with Crippen LogP contribution in [0.5, 0.6) is 5.75 Å². The average molecular weight is 287 g/mol. The van der Waals surface area contributed by atoms with E-state index in [2.05, 4.69) is 15.9 Å². The first-order valence-corrected chi connectivity index (χ1v) is 5.67. The van der Waals surface area contributed by atoms with Crippen molar-refractivity contribution in [1.82, 2.24) is 0 Å². The van der Waals surface area contributed by atoms with E-state index in [1.54, 1.807) is 12.1 Å². The number of halogens is 1. The average Bonchev–Trinajstić information content (AvgIpc) is 2.18. The smallest absolute Gasteiger partial charge is 0.335 e. The zero-order chi connectivity index (χ0) is 11.8. The molecule has 1 aromatic carbocycles. The fourth-order valence-electron chi connectivity index (χ4n) is 1.66. The number of ether oxygens (including phenoxy) is 1. The highest BCUT2D eigenvalue weighted by atomic mass is 79.9. The Bertz CT molecular complexity index is 395. The highest BCUT2D eigenvalue weighted by molar-refractivity contribution is 9.10. The largest absolute Gasteiger partial charge is 0.490 e. The third-order valence-electron chi connectivity index (χ3n) is 2.65. The van der Waals surface area contributed by atoms with E-state index >= 15 is 0 Å². The van der Waals surface area contributed by atoms with E-state index in [9.17, 15) is 9.90 Å². The Morgan fingerprint density at radius 2 is 1.94 bits per heavy atom. The fourth-order valence-corrected chi connectivity index (χ4v) is 1.92. The van der Waals surface area contributed by atoms with Gasteiger partial charge in [-0.05, 0) is 24.3 Å². The summed E-state index contributed by atoms with van der Waals surface area (Å²) >= 11 is 3.31. The molecule has 0 spiro atoms. The lowest BCUT2D eigenvalue weighted by Gasteiger charge is -2.39. The Hall–Kier alpha value is -1.07. The van der Waals surface area contributed by atoms with Gasteiger partial charge in [-0.1, -0.05) is 15.9 Å². The SMILES string of the molecule is O=C(O)C1(O)CC(Oc2ccc(Br)cc2)C1. The molecular weight excluding hydrogens is 276 g/mol. The van der Waals surface area contributed by atoms with Gasteiger partial charge in [0, 0.05) is 17.3 Å². The zero-order valence-electron chi connectivity index (χ0n) is 8.39. The third-order valence-corrected chi connectivity index (χ3v) is 3.17. The summed E-state index contributed by atoms with van der Waals surface area (Å²) in [6.45, 7) is 0. The van der Waals surface area contributed by atoms with E-state index in [1.807, 2.05) is 12.1 Å². The lowest BCUT2D eigenvalue weighted by atomic mass is 9.77. The van der Waals surface area contributed by atoms with Crippen LogP contribution in [0.3, 0.4) is 0 Å². The van der Waals surface area contributed by atoms with Gasteiger partial charge in [-0.3, -0.25) is 0 Å². The monoisotopic (exact) mass is 286 g/mol. The molecule has 0 aliphatic heterocycles. The Labute approximate surface area is 101 Å². The number of carbonyl (C=O) groups is 1. The van der Waals surface area contributed by atoms with Gasteiger partial charge < -0.3 is 14.9 Å². The molecular formula is C11H11BrO4. The van der Waals surface area contributed by atoms with Gasteiger partial charge in [-0.15, -0.1) is 0 Å². The van der Waals surface area contributed by atoms with Crippen molar-refractivity contribution in [3.63, 3.8) is 0 Å². The molecule has 0 heterocycles. The molecule has 1 aliphatic carbocycles. The van der Waals surface area contributed by atoms with Crippen LogP contribution < -0.4 is 4.74 Å². The maximum absolute atomic E-state index is 10.6. The second-order valence-electron chi connectivity index (χ2n) is 3.94. The lowest BCUT2D eigenvalue weighted by Crippen LogP contribution is -2.55.